The highest BCUT2D eigenvalue weighted by Gasteiger charge is 2.31. The average molecular weight is 525 g/mol. The Kier molecular flexibility index (Phi) is 5.70. The van der Waals surface area contributed by atoms with Crippen molar-refractivity contribution in [2.75, 3.05) is 11.6 Å². The maximum absolute atomic E-state index is 14.8. The van der Waals surface area contributed by atoms with Gasteiger partial charge < -0.3 is 5.32 Å². The van der Waals surface area contributed by atoms with Crippen LogP contribution in [0.4, 0.5) is 15.9 Å². The zero-order valence-electron chi connectivity index (χ0n) is 20.7. The van der Waals surface area contributed by atoms with Crippen molar-refractivity contribution in [2.45, 2.75) is 37.6 Å². The van der Waals surface area contributed by atoms with Gasteiger partial charge in [-0.05, 0) is 62.6 Å². The maximum Gasteiger partial charge on any atom is 0.336 e. The number of aryl methyl sites for hydroxylation is 2. The number of hydrogen-bond acceptors (Lipinski definition) is 6. The summed E-state index contributed by atoms with van der Waals surface area (Å²) >= 11 is 0. The van der Waals surface area contributed by atoms with Crippen LogP contribution in [0.3, 0.4) is 0 Å². The lowest BCUT2D eigenvalue weighted by Crippen LogP contribution is -2.41. The summed E-state index contributed by atoms with van der Waals surface area (Å²) in [5, 5.41) is 2.93. The molecule has 0 radical (unpaired) electrons. The van der Waals surface area contributed by atoms with Crippen molar-refractivity contribution in [2.24, 2.45) is 7.05 Å². The number of fused-ring (bicyclic) bond motifs is 1. The Hall–Kier alpha value is -3.99. The minimum atomic E-state index is -3.61. The molecule has 192 valence electrons. The number of nitrogens with one attached hydrogen (secondary N) is 1. The molecule has 0 amide bonds. The summed E-state index contributed by atoms with van der Waals surface area (Å²) in [6.07, 6.45) is 2.31. The Morgan fingerprint density at radius 2 is 1.70 bits per heavy atom. The number of aromatic nitrogens is 3. The van der Waals surface area contributed by atoms with E-state index >= 15 is 0 Å². The molecule has 0 aliphatic heterocycles. The normalized spacial score (nSPS) is 13.8. The molecule has 1 aliphatic rings. The lowest BCUT2D eigenvalue weighted by molar-refractivity contribution is 0.601. The fraction of sp³-hybridized carbons (Fsp3) is 0.269. The quantitative estimate of drug-likeness (QED) is 0.430. The second-order valence-electron chi connectivity index (χ2n) is 9.46. The third kappa shape index (κ3) is 4.08. The summed E-state index contributed by atoms with van der Waals surface area (Å²) in [5.41, 5.74) is -0.679. The molecule has 0 unspecified atom stereocenters. The van der Waals surface area contributed by atoms with E-state index in [1.165, 1.54) is 53.4 Å². The fourth-order valence-electron chi connectivity index (χ4n) is 4.56. The van der Waals surface area contributed by atoms with Gasteiger partial charge in [0.1, 0.15) is 17.0 Å². The lowest BCUT2D eigenvalue weighted by atomic mass is 10.1. The Balaban J connectivity index is 1.95. The molecule has 37 heavy (non-hydrogen) atoms. The van der Waals surface area contributed by atoms with E-state index in [0.29, 0.717) is 18.4 Å². The van der Waals surface area contributed by atoms with Crippen molar-refractivity contribution in [1.82, 2.24) is 13.7 Å². The van der Waals surface area contributed by atoms with Gasteiger partial charge in [-0.2, -0.15) is 0 Å². The summed E-state index contributed by atoms with van der Waals surface area (Å²) in [4.78, 5) is 40.8. The predicted octanol–water partition coefficient (Wildman–Crippen LogP) is 3.09. The number of halogens is 1. The van der Waals surface area contributed by atoms with E-state index in [4.69, 9.17) is 0 Å². The van der Waals surface area contributed by atoms with Gasteiger partial charge in [0.2, 0.25) is 0 Å². The largest absolute Gasteiger partial charge is 0.338 e. The maximum atomic E-state index is 14.8. The number of nitrogens with zero attached hydrogens (tertiary/aromatic N) is 3. The first-order valence-corrected chi connectivity index (χ1v) is 13.5. The third-order valence-corrected chi connectivity index (χ3v) is 7.75. The van der Waals surface area contributed by atoms with Crippen LogP contribution >= 0.6 is 0 Å². The molecule has 1 aliphatic carbocycles. The van der Waals surface area contributed by atoms with Gasteiger partial charge in [-0.1, -0.05) is 12.1 Å². The van der Waals surface area contributed by atoms with E-state index in [9.17, 15) is 27.2 Å². The third-order valence-electron chi connectivity index (χ3n) is 6.64. The molecule has 1 N–H and O–H groups in total. The first-order valence-electron chi connectivity index (χ1n) is 11.6. The second kappa shape index (κ2) is 8.55. The highest BCUT2D eigenvalue weighted by molar-refractivity contribution is 7.90. The van der Waals surface area contributed by atoms with Gasteiger partial charge in [0.05, 0.1) is 21.8 Å². The smallest absolute Gasteiger partial charge is 0.336 e. The molecular formula is C26H25FN4O5S. The van der Waals surface area contributed by atoms with Gasteiger partial charge in [0, 0.05) is 24.9 Å². The SMILES string of the molecule is Cc1ccc(Nc2c3c(=O)n(C4CC4)c(=O)n(-c4cccc(S(C)(=O)=O)c4)c3c(C)c(=O)n2C)c(F)c1. The highest BCUT2D eigenvalue weighted by Crippen LogP contribution is 2.34. The summed E-state index contributed by atoms with van der Waals surface area (Å²) in [6.45, 7) is 3.24. The molecule has 0 atom stereocenters. The van der Waals surface area contributed by atoms with E-state index in [-0.39, 0.29) is 44.6 Å². The van der Waals surface area contributed by atoms with Crippen molar-refractivity contribution in [3.63, 3.8) is 0 Å². The van der Waals surface area contributed by atoms with Crippen LogP contribution in [0, 0.1) is 19.7 Å². The van der Waals surface area contributed by atoms with Crippen molar-refractivity contribution in [3.8, 4) is 5.69 Å². The Morgan fingerprint density at radius 3 is 2.32 bits per heavy atom. The van der Waals surface area contributed by atoms with Gasteiger partial charge in [0.15, 0.2) is 9.84 Å². The number of benzene rings is 2. The van der Waals surface area contributed by atoms with Crippen LogP contribution in [-0.4, -0.2) is 28.4 Å². The molecule has 4 aromatic rings. The van der Waals surface area contributed by atoms with Crippen LogP contribution in [-0.2, 0) is 16.9 Å². The number of rotatable bonds is 5. The minimum absolute atomic E-state index is 0.0178. The molecule has 1 saturated carbocycles. The molecule has 2 heterocycles. The Labute approximate surface area is 211 Å². The number of pyridine rings is 1. The van der Waals surface area contributed by atoms with E-state index in [2.05, 4.69) is 5.32 Å². The van der Waals surface area contributed by atoms with Gasteiger partial charge in [-0.3, -0.25) is 23.3 Å². The fourth-order valence-corrected chi connectivity index (χ4v) is 5.22. The summed E-state index contributed by atoms with van der Waals surface area (Å²) < 4.78 is 42.8. The van der Waals surface area contributed by atoms with E-state index in [0.717, 1.165) is 10.8 Å². The molecule has 5 rings (SSSR count). The average Bonchev–Trinajstić information content (AvgIpc) is 3.66. The number of anilines is 2. The molecule has 0 bridgehead atoms. The zero-order valence-corrected chi connectivity index (χ0v) is 21.5. The standard InChI is InChI=1S/C26H25FN4O5S/c1-14-8-11-20(19(27)12-14)28-23-21-22(15(2)24(32)29(23)3)30(26(34)31(25(21)33)16-9-10-16)17-6-5-7-18(13-17)37(4,35)36/h5-8,11-13,16,28H,9-10H2,1-4H3. The summed E-state index contributed by atoms with van der Waals surface area (Å²) in [6, 6.07) is 9.97. The molecule has 0 spiro atoms. The van der Waals surface area contributed by atoms with E-state index < -0.39 is 32.5 Å². The molecule has 11 heteroatoms. The van der Waals surface area contributed by atoms with E-state index in [1.54, 1.807) is 19.1 Å². The van der Waals surface area contributed by atoms with Gasteiger partial charge in [-0.25, -0.2) is 17.6 Å². The second-order valence-corrected chi connectivity index (χ2v) is 11.5. The number of hydrogen-bond donors (Lipinski definition) is 1. The Bertz CT molecular complexity index is 1900. The molecule has 9 nitrogen and oxygen atoms in total. The first-order chi connectivity index (χ1) is 17.4. The van der Waals surface area contributed by atoms with Crippen LogP contribution in [0.5, 0.6) is 0 Å². The number of sulfone groups is 1. The van der Waals surface area contributed by atoms with E-state index in [1.807, 2.05) is 0 Å². The predicted molar refractivity (Wildman–Crippen MR) is 140 cm³/mol. The molecular weight excluding hydrogens is 499 g/mol. The summed E-state index contributed by atoms with van der Waals surface area (Å²) in [7, 11) is -2.15. The van der Waals surface area contributed by atoms with Crippen LogP contribution in [0.1, 0.15) is 30.0 Å². The topological polar surface area (TPSA) is 112 Å². The van der Waals surface area contributed by atoms with Crippen LogP contribution in [0.25, 0.3) is 16.6 Å². The lowest BCUT2D eigenvalue weighted by Gasteiger charge is -2.21. The van der Waals surface area contributed by atoms with Crippen molar-refractivity contribution < 1.29 is 12.8 Å². The van der Waals surface area contributed by atoms with Crippen molar-refractivity contribution >= 4 is 32.2 Å². The van der Waals surface area contributed by atoms with Crippen LogP contribution in [0.15, 0.2) is 61.7 Å². The molecule has 1 fully saturated rings. The first kappa shape index (κ1) is 24.7. The molecule has 2 aromatic heterocycles. The van der Waals surface area contributed by atoms with Gasteiger partial charge in [0.25, 0.3) is 11.1 Å². The van der Waals surface area contributed by atoms with Crippen molar-refractivity contribution in [1.29, 1.82) is 0 Å². The highest BCUT2D eigenvalue weighted by atomic mass is 32.2. The molecule has 2 aromatic carbocycles. The molecule has 0 saturated heterocycles. The van der Waals surface area contributed by atoms with Crippen LogP contribution in [0.2, 0.25) is 0 Å². The van der Waals surface area contributed by atoms with Gasteiger partial charge >= 0.3 is 5.69 Å². The minimum Gasteiger partial charge on any atom is -0.338 e. The zero-order chi connectivity index (χ0) is 26.8. The summed E-state index contributed by atoms with van der Waals surface area (Å²) in [5.74, 6) is -0.543. The monoisotopic (exact) mass is 524 g/mol. The van der Waals surface area contributed by atoms with Crippen molar-refractivity contribution in [3.05, 3.63) is 90.6 Å². The Morgan fingerprint density at radius 1 is 1.00 bits per heavy atom. The van der Waals surface area contributed by atoms with Crippen LogP contribution < -0.4 is 22.1 Å². The van der Waals surface area contributed by atoms with Gasteiger partial charge in [-0.15, -0.1) is 0 Å².